The number of carbonyl (C=O) groups is 2. The lowest BCUT2D eigenvalue weighted by atomic mass is 10.1. The summed E-state index contributed by atoms with van der Waals surface area (Å²) in [5, 5.41) is 14.9. The highest BCUT2D eigenvalue weighted by Gasteiger charge is 2.11. The van der Waals surface area contributed by atoms with E-state index in [-0.39, 0.29) is 5.56 Å². The Morgan fingerprint density at radius 3 is 2.28 bits per heavy atom. The van der Waals surface area contributed by atoms with Crippen LogP contribution < -0.4 is 10.5 Å². The van der Waals surface area contributed by atoms with E-state index < -0.39 is 11.9 Å². The van der Waals surface area contributed by atoms with Crippen LogP contribution in [0.4, 0.5) is 0 Å². The minimum absolute atomic E-state index is 0.00763. The van der Waals surface area contributed by atoms with Crippen LogP contribution in [0.3, 0.4) is 0 Å². The maximum Gasteiger partial charge on any atom is 0.273 e. The number of para-hydroxylation sites is 1. The van der Waals surface area contributed by atoms with Crippen molar-refractivity contribution in [3.8, 4) is 5.69 Å². The van der Waals surface area contributed by atoms with Crippen molar-refractivity contribution in [1.82, 2.24) is 9.99 Å². The minimum atomic E-state index is -1.30. The number of hydrazone groups is 1. The quantitative estimate of drug-likeness (QED) is 0.569. The molecule has 1 amide bonds. The standard InChI is InChI=1S/C19H15N3O3/c23-18(16-9-3-4-10-17(16)22-11-5-6-12-22)21-20-13-14-7-1-2-8-15(14)19(24)25/h1-13H,(H,21,23)(H,24,25)/p-1/b20-13-. The van der Waals surface area contributed by atoms with Gasteiger partial charge in [-0.2, -0.15) is 5.10 Å². The second-order valence-electron chi connectivity index (χ2n) is 5.18. The van der Waals surface area contributed by atoms with Crippen LogP contribution in [0.2, 0.25) is 0 Å². The van der Waals surface area contributed by atoms with E-state index in [9.17, 15) is 14.7 Å². The van der Waals surface area contributed by atoms with Crippen molar-refractivity contribution in [2.75, 3.05) is 0 Å². The highest BCUT2D eigenvalue weighted by Crippen LogP contribution is 2.14. The summed E-state index contributed by atoms with van der Waals surface area (Å²) < 4.78 is 1.82. The van der Waals surface area contributed by atoms with Gasteiger partial charge in [-0.15, -0.1) is 0 Å². The molecule has 25 heavy (non-hydrogen) atoms. The summed E-state index contributed by atoms with van der Waals surface area (Å²) in [6.07, 6.45) is 4.96. The molecular weight excluding hydrogens is 318 g/mol. The molecular formula is C19H14N3O3-. The van der Waals surface area contributed by atoms with Gasteiger partial charge in [0.1, 0.15) is 0 Å². The molecule has 0 atom stereocenters. The third-order valence-electron chi connectivity index (χ3n) is 3.58. The first kappa shape index (κ1) is 16.2. The van der Waals surface area contributed by atoms with Crippen molar-refractivity contribution in [3.63, 3.8) is 0 Å². The molecule has 0 aliphatic carbocycles. The maximum absolute atomic E-state index is 12.4. The Morgan fingerprint density at radius 2 is 1.56 bits per heavy atom. The molecule has 0 aliphatic heterocycles. The van der Waals surface area contributed by atoms with E-state index in [4.69, 9.17) is 0 Å². The maximum atomic E-state index is 12.4. The molecule has 3 aromatic rings. The molecule has 0 aliphatic rings. The Bertz CT molecular complexity index is 931. The van der Waals surface area contributed by atoms with Gasteiger partial charge in [0.2, 0.25) is 0 Å². The minimum Gasteiger partial charge on any atom is -0.545 e. The van der Waals surface area contributed by atoms with Crippen molar-refractivity contribution in [2.45, 2.75) is 0 Å². The molecule has 0 unspecified atom stereocenters. The molecule has 0 saturated heterocycles. The molecule has 1 N–H and O–H groups in total. The summed E-state index contributed by atoms with van der Waals surface area (Å²) in [5.74, 6) is -1.70. The van der Waals surface area contributed by atoms with Gasteiger partial charge in [0.15, 0.2) is 0 Å². The predicted molar refractivity (Wildman–Crippen MR) is 91.6 cm³/mol. The fourth-order valence-electron chi connectivity index (χ4n) is 2.40. The fraction of sp³-hybridized carbons (Fsp3) is 0. The predicted octanol–water partition coefficient (Wildman–Crippen LogP) is 1.60. The Labute approximate surface area is 144 Å². The molecule has 124 valence electrons. The summed E-state index contributed by atoms with van der Waals surface area (Å²) in [6.45, 7) is 0. The zero-order valence-electron chi connectivity index (χ0n) is 13.1. The lowest BCUT2D eigenvalue weighted by Crippen LogP contribution is -2.24. The lowest BCUT2D eigenvalue weighted by molar-refractivity contribution is -0.255. The molecule has 2 aromatic carbocycles. The normalized spacial score (nSPS) is 10.7. The zero-order valence-corrected chi connectivity index (χ0v) is 13.1. The Kier molecular flexibility index (Phi) is 4.71. The van der Waals surface area contributed by atoms with E-state index in [1.165, 1.54) is 12.3 Å². The molecule has 0 bridgehead atoms. The van der Waals surface area contributed by atoms with E-state index in [1.54, 1.807) is 30.3 Å². The smallest absolute Gasteiger partial charge is 0.273 e. The summed E-state index contributed by atoms with van der Waals surface area (Å²) in [5.41, 5.74) is 3.94. The second-order valence-corrected chi connectivity index (χ2v) is 5.18. The third kappa shape index (κ3) is 3.64. The number of hydrogen-bond acceptors (Lipinski definition) is 4. The number of carboxylic acids is 1. The number of carboxylic acid groups (broad SMARTS) is 1. The summed E-state index contributed by atoms with van der Waals surface area (Å²) in [7, 11) is 0. The molecule has 1 aromatic heterocycles. The topological polar surface area (TPSA) is 86.5 Å². The summed E-state index contributed by atoms with van der Waals surface area (Å²) in [4.78, 5) is 23.5. The highest BCUT2D eigenvalue weighted by molar-refractivity contribution is 6.00. The van der Waals surface area contributed by atoms with Gasteiger partial charge in [0.25, 0.3) is 5.91 Å². The van der Waals surface area contributed by atoms with Crippen LogP contribution in [-0.4, -0.2) is 22.7 Å². The van der Waals surface area contributed by atoms with Gasteiger partial charge in [0.05, 0.1) is 23.4 Å². The molecule has 6 nitrogen and oxygen atoms in total. The first-order valence-electron chi connectivity index (χ1n) is 7.53. The van der Waals surface area contributed by atoms with Crippen LogP contribution >= 0.6 is 0 Å². The van der Waals surface area contributed by atoms with Gasteiger partial charge in [-0.1, -0.05) is 36.4 Å². The van der Waals surface area contributed by atoms with Crippen molar-refractivity contribution in [1.29, 1.82) is 0 Å². The number of aromatic carboxylic acids is 1. The SMILES string of the molecule is O=C([O-])c1ccccc1/C=N\NC(=O)c1ccccc1-n1cccc1. The Morgan fingerprint density at radius 1 is 0.920 bits per heavy atom. The van der Waals surface area contributed by atoms with Crippen LogP contribution in [-0.2, 0) is 0 Å². The number of benzene rings is 2. The van der Waals surface area contributed by atoms with Crippen molar-refractivity contribution >= 4 is 18.1 Å². The molecule has 0 radical (unpaired) electrons. The van der Waals surface area contributed by atoms with Crippen LogP contribution in [0.15, 0.2) is 78.2 Å². The first-order chi connectivity index (χ1) is 12.2. The first-order valence-corrected chi connectivity index (χ1v) is 7.53. The number of hydrogen-bond donors (Lipinski definition) is 1. The number of aromatic nitrogens is 1. The van der Waals surface area contributed by atoms with Gasteiger partial charge < -0.3 is 14.5 Å². The number of carbonyl (C=O) groups excluding carboxylic acids is 2. The third-order valence-corrected chi connectivity index (χ3v) is 3.58. The van der Waals surface area contributed by atoms with Gasteiger partial charge in [0, 0.05) is 23.5 Å². The average Bonchev–Trinajstić information content (AvgIpc) is 3.16. The van der Waals surface area contributed by atoms with Gasteiger partial charge >= 0.3 is 0 Å². The van der Waals surface area contributed by atoms with E-state index >= 15 is 0 Å². The Balaban J connectivity index is 1.80. The zero-order chi connectivity index (χ0) is 17.6. The van der Waals surface area contributed by atoms with E-state index in [0.717, 1.165) is 5.69 Å². The molecule has 3 rings (SSSR count). The molecule has 0 saturated carbocycles. The Hall–Kier alpha value is -3.67. The van der Waals surface area contributed by atoms with E-state index in [0.29, 0.717) is 11.1 Å². The average molecular weight is 332 g/mol. The summed E-state index contributed by atoms with van der Waals surface area (Å²) in [6, 6.07) is 17.1. The number of nitrogens with zero attached hydrogens (tertiary/aromatic N) is 2. The van der Waals surface area contributed by atoms with Crippen LogP contribution in [0.1, 0.15) is 26.3 Å². The van der Waals surface area contributed by atoms with E-state index in [2.05, 4.69) is 10.5 Å². The second kappa shape index (κ2) is 7.27. The van der Waals surface area contributed by atoms with Gasteiger partial charge in [-0.25, -0.2) is 5.43 Å². The van der Waals surface area contributed by atoms with E-state index in [1.807, 2.05) is 41.2 Å². The van der Waals surface area contributed by atoms with Crippen LogP contribution in [0, 0.1) is 0 Å². The van der Waals surface area contributed by atoms with Crippen LogP contribution in [0.5, 0.6) is 0 Å². The van der Waals surface area contributed by atoms with Gasteiger partial charge in [-0.3, -0.25) is 4.79 Å². The van der Waals surface area contributed by atoms with Crippen molar-refractivity contribution in [2.24, 2.45) is 5.10 Å². The fourth-order valence-corrected chi connectivity index (χ4v) is 2.40. The molecule has 0 spiro atoms. The van der Waals surface area contributed by atoms with Gasteiger partial charge in [-0.05, 0) is 24.3 Å². The molecule has 0 fully saturated rings. The number of amides is 1. The highest BCUT2D eigenvalue weighted by atomic mass is 16.4. The van der Waals surface area contributed by atoms with Crippen LogP contribution in [0.25, 0.3) is 5.69 Å². The monoisotopic (exact) mass is 332 g/mol. The number of rotatable bonds is 5. The molecule has 1 heterocycles. The molecule has 6 heteroatoms. The number of nitrogens with one attached hydrogen (secondary N) is 1. The van der Waals surface area contributed by atoms with Crippen molar-refractivity contribution < 1.29 is 14.7 Å². The lowest BCUT2D eigenvalue weighted by Gasteiger charge is -2.09. The van der Waals surface area contributed by atoms with Crippen molar-refractivity contribution in [3.05, 3.63) is 89.7 Å². The largest absolute Gasteiger partial charge is 0.545 e. The summed E-state index contributed by atoms with van der Waals surface area (Å²) >= 11 is 0.